The molecular formula is C18H29N3O3S. The molecule has 2 heterocycles. The number of piperazine rings is 1. The van der Waals surface area contributed by atoms with E-state index in [0.29, 0.717) is 19.1 Å². The Hall–Kier alpha value is -1.31. The second-order valence-electron chi connectivity index (χ2n) is 7.07. The molecule has 2 saturated heterocycles. The van der Waals surface area contributed by atoms with Gasteiger partial charge in [0.05, 0.1) is 13.4 Å². The molecule has 2 fully saturated rings. The molecule has 0 bridgehead atoms. The van der Waals surface area contributed by atoms with Gasteiger partial charge >= 0.3 is 0 Å². The van der Waals surface area contributed by atoms with Crippen molar-refractivity contribution in [2.75, 3.05) is 57.5 Å². The largest absolute Gasteiger partial charge is 0.496 e. The van der Waals surface area contributed by atoms with Gasteiger partial charge in [0.15, 0.2) is 0 Å². The van der Waals surface area contributed by atoms with E-state index in [1.165, 1.54) is 11.9 Å². The van der Waals surface area contributed by atoms with Crippen molar-refractivity contribution in [1.29, 1.82) is 0 Å². The van der Waals surface area contributed by atoms with Crippen LogP contribution in [0.15, 0.2) is 18.2 Å². The summed E-state index contributed by atoms with van der Waals surface area (Å²) in [5, 5.41) is 0. The molecule has 0 N–H and O–H groups in total. The summed E-state index contributed by atoms with van der Waals surface area (Å²) in [6.07, 6.45) is 3.54. The Kier molecular flexibility index (Phi) is 5.55. The number of hydrogen-bond donors (Lipinski definition) is 0. The number of ether oxygens (including phenoxy) is 1. The Morgan fingerprint density at radius 3 is 2.24 bits per heavy atom. The normalized spacial score (nSPS) is 21.5. The van der Waals surface area contributed by atoms with Gasteiger partial charge < -0.3 is 9.64 Å². The van der Waals surface area contributed by atoms with Crippen molar-refractivity contribution in [3.63, 3.8) is 0 Å². The molecule has 0 amide bonds. The zero-order chi connectivity index (χ0) is 18.0. The van der Waals surface area contributed by atoms with Crippen molar-refractivity contribution in [2.45, 2.75) is 25.8 Å². The quantitative estimate of drug-likeness (QED) is 0.808. The lowest BCUT2D eigenvalue weighted by Gasteiger charge is -2.42. The average molecular weight is 368 g/mol. The molecule has 140 valence electrons. The van der Waals surface area contributed by atoms with E-state index in [-0.39, 0.29) is 0 Å². The second kappa shape index (κ2) is 7.51. The maximum atomic E-state index is 11.6. The topological polar surface area (TPSA) is 53.1 Å². The third kappa shape index (κ3) is 4.27. The highest BCUT2D eigenvalue weighted by Gasteiger charge is 2.30. The minimum absolute atomic E-state index is 0.560. The molecule has 2 aliphatic rings. The van der Waals surface area contributed by atoms with Gasteiger partial charge in [0.25, 0.3) is 0 Å². The summed E-state index contributed by atoms with van der Waals surface area (Å²) >= 11 is 0. The number of piperidine rings is 1. The number of benzene rings is 1. The Morgan fingerprint density at radius 1 is 1.04 bits per heavy atom. The zero-order valence-electron chi connectivity index (χ0n) is 15.4. The Morgan fingerprint density at radius 2 is 1.68 bits per heavy atom. The zero-order valence-corrected chi connectivity index (χ0v) is 16.3. The van der Waals surface area contributed by atoms with Crippen LogP contribution in [0.2, 0.25) is 0 Å². The maximum Gasteiger partial charge on any atom is 0.211 e. The minimum Gasteiger partial charge on any atom is -0.496 e. The molecule has 0 radical (unpaired) electrons. The van der Waals surface area contributed by atoms with E-state index < -0.39 is 10.0 Å². The molecule has 0 saturated carbocycles. The molecule has 0 atom stereocenters. The third-order valence-corrected chi connectivity index (χ3v) is 6.78. The van der Waals surface area contributed by atoms with Gasteiger partial charge in [0, 0.05) is 57.1 Å². The van der Waals surface area contributed by atoms with Crippen molar-refractivity contribution in [2.24, 2.45) is 0 Å². The van der Waals surface area contributed by atoms with Crippen LogP contribution < -0.4 is 9.64 Å². The lowest BCUT2D eigenvalue weighted by molar-refractivity contribution is 0.120. The van der Waals surface area contributed by atoms with Crippen molar-refractivity contribution in [3.8, 4) is 5.75 Å². The van der Waals surface area contributed by atoms with E-state index in [0.717, 1.165) is 50.3 Å². The van der Waals surface area contributed by atoms with Crippen LogP contribution in [0.3, 0.4) is 0 Å². The van der Waals surface area contributed by atoms with E-state index in [9.17, 15) is 8.42 Å². The third-order valence-electron chi connectivity index (χ3n) is 5.48. The molecule has 2 aliphatic heterocycles. The van der Waals surface area contributed by atoms with E-state index in [2.05, 4.69) is 34.9 Å². The highest BCUT2D eigenvalue weighted by atomic mass is 32.2. The first-order valence-corrected chi connectivity index (χ1v) is 10.8. The fraction of sp³-hybridized carbons (Fsp3) is 0.667. The molecule has 7 heteroatoms. The summed E-state index contributed by atoms with van der Waals surface area (Å²) in [5.74, 6) is 0.941. The molecule has 1 aromatic rings. The van der Waals surface area contributed by atoms with Gasteiger partial charge in [-0.3, -0.25) is 4.90 Å². The summed E-state index contributed by atoms with van der Waals surface area (Å²) in [6.45, 7) is 7.05. The molecule has 6 nitrogen and oxygen atoms in total. The number of methoxy groups -OCH3 is 1. The van der Waals surface area contributed by atoms with Gasteiger partial charge in [-0.25, -0.2) is 8.42 Å². The van der Waals surface area contributed by atoms with Gasteiger partial charge in [0.2, 0.25) is 10.0 Å². The van der Waals surface area contributed by atoms with E-state index in [1.807, 2.05) is 0 Å². The molecule has 3 rings (SSSR count). The highest BCUT2D eigenvalue weighted by Crippen LogP contribution is 2.28. The molecule has 0 spiro atoms. The SMILES string of the molecule is COc1cc(N2CCC(N3CCN(S(C)(=O)=O)CC3)CC2)ccc1C. The molecule has 0 aromatic heterocycles. The van der Waals surface area contributed by atoms with Crippen molar-refractivity contribution in [1.82, 2.24) is 9.21 Å². The summed E-state index contributed by atoms with van der Waals surface area (Å²) < 4.78 is 30.3. The van der Waals surface area contributed by atoms with Crippen molar-refractivity contribution in [3.05, 3.63) is 23.8 Å². The Balaban J connectivity index is 1.54. The summed E-state index contributed by atoms with van der Waals surface area (Å²) in [5.41, 5.74) is 2.38. The predicted molar refractivity (Wildman–Crippen MR) is 101 cm³/mol. The molecule has 1 aromatic carbocycles. The van der Waals surface area contributed by atoms with Gasteiger partial charge in [-0.15, -0.1) is 0 Å². The summed E-state index contributed by atoms with van der Waals surface area (Å²) in [4.78, 5) is 4.89. The maximum absolute atomic E-state index is 11.6. The monoisotopic (exact) mass is 367 g/mol. The van der Waals surface area contributed by atoms with Gasteiger partial charge in [-0.2, -0.15) is 4.31 Å². The highest BCUT2D eigenvalue weighted by molar-refractivity contribution is 7.88. The molecule has 25 heavy (non-hydrogen) atoms. The van der Waals surface area contributed by atoms with Crippen molar-refractivity contribution < 1.29 is 13.2 Å². The smallest absolute Gasteiger partial charge is 0.211 e. The van der Waals surface area contributed by atoms with E-state index in [1.54, 1.807) is 11.4 Å². The number of anilines is 1. The van der Waals surface area contributed by atoms with Crippen LogP contribution in [0.25, 0.3) is 0 Å². The van der Waals surface area contributed by atoms with E-state index in [4.69, 9.17) is 4.74 Å². The van der Waals surface area contributed by atoms with Crippen LogP contribution in [0, 0.1) is 6.92 Å². The van der Waals surface area contributed by atoms with Crippen LogP contribution in [-0.4, -0.2) is 76.3 Å². The minimum atomic E-state index is -3.05. The first-order valence-electron chi connectivity index (χ1n) is 8.97. The predicted octanol–water partition coefficient (Wildman–Crippen LogP) is 1.55. The molecule has 0 aliphatic carbocycles. The van der Waals surface area contributed by atoms with Crippen LogP contribution in [0.1, 0.15) is 18.4 Å². The number of nitrogens with zero attached hydrogens (tertiary/aromatic N) is 3. The van der Waals surface area contributed by atoms with Crippen LogP contribution in [0.5, 0.6) is 5.75 Å². The summed E-state index contributed by atoms with van der Waals surface area (Å²) in [6, 6.07) is 6.97. The van der Waals surface area contributed by atoms with Crippen LogP contribution in [0.4, 0.5) is 5.69 Å². The number of aryl methyl sites for hydroxylation is 1. The van der Waals surface area contributed by atoms with Crippen LogP contribution in [-0.2, 0) is 10.0 Å². The standard InChI is InChI=1S/C18H29N3O3S/c1-15-4-5-17(14-18(15)24-2)19-8-6-16(7-9-19)20-10-12-21(13-11-20)25(3,22)23/h4-5,14,16H,6-13H2,1-3H3. The Bertz CT molecular complexity index is 692. The first kappa shape index (κ1) is 18.5. The fourth-order valence-corrected chi connectivity index (χ4v) is 4.72. The van der Waals surface area contributed by atoms with Gasteiger partial charge in [-0.05, 0) is 31.4 Å². The number of sulfonamides is 1. The number of hydrogen-bond acceptors (Lipinski definition) is 5. The summed E-state index contributed by atoms with van der Waals surface area (Å²) in [7, 11) is -1.33. The lowest BCUT2D eigenvalue weighted by Crippen LogP contribution is -2.54. The first-order chi connectivity index (χ1) is 11.9. The lowest BCUT2D eigenvalue weighted by atomic mass is 10.0. The van der Waals surface area contributed by atoms with Gasteiger partial charge in [-0.1, -0.05) is 6.07 Å². The van der Waals surface area contributed by atoms with Crippen LogP contribution >= 0.6 is 0 Å². The molecular weight excluding hydrogens is 338 g/mol. The average Bonchev–Trinajstić information content (AvgIpc) is 2.62. The fourth-order valence-electron chi connectivity index (χ4n) is 3.89. The van der Waals surface area contributed by atoms with Crippen molar-refractivity contribution >= 4 is 15.7 Å². The molecule has 0 unspecified atom stereocenters. The Labute approximate surface area is 151 Å². The second-order valence-corrected chi connectivity index (χ2v) is 9.05. The van der Waals surface area contributed by atoms with Gasteiger partial charge in [0.1, 0.15) is 5.75 Å². The number of rotatable bonds is 4. The van der Waals surface area contributed by atoms with E-state index >= 15 is 0 Å².